The number of rotatable bonds is 4. The molecule has 0 heterocycles. The van der Waals surface area contributed by atoms with Crippen molar-refractivity contribution in [1.82, 2.24) is 4.90 Å². The van der Waals surface area contributed by atoms with E-state index in [4.69, 9.17) is 5.73 Å². The maximum absolute atomic E-state index is 11.0. The van der Waals surface area contributed by atoms with E-state index in [0.717, 1.165) is 0 Å². The van der Waals surface area contributed by atoms with Crippen LogP contribution < -0.4 is 5.73 Å². The lowest BCUT2D eigenvalue weighted by atomic mass is 10.4. The lowest BCUT2D eigenvalue weighted by Gasteiger charge is -2.18. The second kappa shape index (κ2) is 6.19. The van der Waals surface area contributed by atoms with E-state index in [1.807, 2.05) is 0 Å². The Bertz CT molecular complexity index is 169. The van der Waals surface area contributed by atoms with Crippen LogP contribution in [0.4, 0.5) is 0 Å². The third kappa shape index (κ3) is 3.87. The average molecular weight is 208 g/mol. The molecule has 70 valence electrons. The third-order valence-corrected chi connectivity index (χ3v) is 1.64. The molecule has 0 unspecified atom stereocenters. The van der Waals surface area contributed by atoms with Gasteiger partial charge in [-0.3, -0.25) is 9.59 Å². The normalized spacial score (nSPS) is 9.50. The van der Waals surface area contributed by atoms with Crippen LogP contribution in [-0.4, -0.2) is 41.3 Å². The molecule has 0 aliphatic rings. The highest BCUT2D eigenvalue weighted by Crippen LogP contribution is 1.92. The van der Waals surface area contributed by atoms with Crippen LogP contribution in [0.1, 0.15) is 0 Å². The van der Waals surface area contributed by atoms with E-state index >= 15 is 0 Å². The Morgan fingerprint density at radius 3 is 1.83 bits per heavy atom. The van der Waals surface area contributed by atoms with Crippen molar-refractivity contribution >= 4 is 37.1 Å². The lowest BCUT2D eigenvalue weighted by Crippen LogP contribution is -2.42. The maximum Gasteiger partial charge on any atom is 0.311 e. The standard InChI is InChI=1S/C6H12N2O2S2/c7-5(9)6(10)8(1-3-11)2-4-12/h11-12H,1-4H2,(H2,7,9). The van der Waals surface area contributed by atoms with Crippen LogP contribution in [0, 0.1) is 0 Å². The van der Waals surface area contributed by atoms with Gasteiger partial charge in [0.15, 0.2) is 0 Å². The van der Waals surface area contributed by atoms with Gasteiger partial charge in [0.05, 0.1) is 0 Å². The Hall–Kier alpha value is -0.360. The fraction of sp³-hybridized carbons (Fsp3) is 0.667. The summed E-state index contributed by atoms with van der Waals surface area (Å²) < 4.78 is 0. The van der Waals surface area contributed by atoms with Crippen molar-refractivity contribution in [3.8, 4) is 0 Å². The molecule has 6 heteroatoms. The number of thiol groups is 2. The molecule has 2 amide bonds. The quantitative estimate of drug-likeness (QED) is 0.417. The summed E-state index contributed by atoms with van der Waals surface area (Å²) in [5, 5.41) is 0. The SMILES string of the molecule is NC(=O)C(=O)N(CCS)CCS. The number of nitrogens with zero attached hydrogens (tertiary/aromatic N) is 1. The van der Waals surface area contributed by atoms with Crippen molar-refractivity contribution in [2.45, 2.75) is 0 Å². The smallest absolute Gasteiger partial charge is 0.311 e. The molecule has 0 saturated carbocycles. The molecule has 0 aliphatic heterocycles. The Morgan fingerprint density at radius 1 is 1.17 bits per heavy atom. The summed E-state index contributed by atoms with van der Waals surface area (Å²) in [5.41, 5.74) is 4.82. The molecule has 12 heavy (non-hydrogen) atoms. The molecule has 0 saturated heterocycles. The van der Waals surface area contributed by atoms with E-state index in [1.165, 1.54) is 4.90 Å². The predicted molar refractivity (Wildman–Crippen MR) is 53.5 cm³/mol. The summed E-state index contributed by atoms with van der Waals surface area (Å²) in [7, 11) is 0. The largest absolute Gasteiger partial charge is 0.361 e. The molecule has 0 fully saturated rings. The number of hydrogen-bond donors (Lipinski definition) is 3. The second-order valence-electron chi connectivity index (χ2n) is 2.10. The summed E-state index contributed by atoms with van der Waals surface area (Å²) in [6, 6.07) is 0. The van der Waals surface area contributed by atoms with E-state index in [9.17, 15) is 9.59 Å². The van der Waals surface area contributed by atoms with Gasteiger partial charge in [-0.1, -0.05) is 0 Å². The van der Waals surface area contributed by atoms with Gasteiger partial charge < -0.3 is 10.6 Å². The minimum absolute atomic E-state index is 0.422. The molecule has 0 radical (unpaired) electrons. The minimum atomic E-state index is -0.932. The Kier molecular flexibility index (Phi) is 6.00. The van der Waals surface area contributed by atoms with Gasteiger partial charge in [0.25, 0.3) is 0 Å². The zero-order valence-electron chi connectivity index (χ0n) is 6.56. The molecule has 2 N–H and O–H groups in total. The monoisotopic (exact) mass is 208 g/mol. The number of nitrogens with two attached hydrogens (primary N) is 1. The van der Waals surface area contributed by atoms with E-state index in [-0.39, 0.29) is 0 Å². The maximum atomic E-state index is 11.0. The average Bonchev–Trinajstić information content (AvgIpc) is 2.03. The Morgan fingerprint density at radius 2 is 1.58 bits per heavy atom. The van der Waals surface area contributed by atoms with Gasteiger partial charge in [0.2, 0.25) is 0 Å². The van der Waals surface area contributed by atoms with Crippen LogP contribution in [-0.2, 0) is 9.59 Å². The molecular weight excluding hydrogens is 196 g/mol. The van der Waals surface area contributed by atoms with Crippen molar-refractivity contribution in [3.63, 3.8) is 0 Å². The van der Waals surface area contributed by atoms with Crippen LogP contribution in [0.15, 0.2) is 0 Å². The summed E-state index contributed by atoms with van der Waals surface area (Å²) in [4.78, 5) is 22.8. The van der Waals surface area contributed by atoms with Gasteiger partial charge in [-0.2, -0.15) is 25.3 Å². The number of primary amides is 1. The van der Waals surface area contributed by atoms with Gasteiger partial charge in [-0.25, -0.2) is 0 Å². The molecule has 4 nitrogen and oxygen atoms in total. The van der Waals surface area contributed by atoms with Gasteiger partial charge in [0.1, 0.15) is 0 Å². The molecule has 0 spiro atoms. The molecule has 0 aromatic rings. The lowest BCUT2D eigenvalue weighted by molar-refractivity contribution is -0.143. The van der Waals surface area contributed by atoms with Crippen molar-refractivity contribution in [2.75, 3.05) is 24.6 Å². The van der Waals surface area contributed by atoms with Crippen molar-refractivity contribution in [1.29, 1.82) is 0 Å². The minimum Gasteiger partial charge on any atom is -0.361 e. The number of amides is 2. The molecule has 0 atom stereocenters. The number of carbonyl (C=O) groups excluding carboxylic acids is 2. The second-order valence-corrected chi connectivity index (χ2v) is 3.00. The third-order valence-electron chi connectivity index (χ3n) is 1.24. The van der Waals surface area contributed by atoms with Gasteiger partial charge >= 0.3 is 11.8 Å². The number of carbonyl (C=O) groups is 2. The highest BCUT2D eigenvalue weighted by atomic mass is 32.1. The molecular formula is C6H12N2O2S2. The zero-order valence-corrected chi connectivity index (χ0v) is 8.35. The summed E-state index contributed by atoms with van der Waals surface area (Å²) in [6.07, 6.45) is 0. The van der Waals surface area contributed by atoms with Crippen LogP contribution in [0.5, 0.6) is 0 Å². The van der Waals surface area contributed by atoms with Crippen LogP contribution in [0.25, 0.3) is 0 Å². The topological polar surface area (TPSA) is 63.4 Å². The molecule has 0 bridgehead atoms. The van der Waals surface area contributed by atoms with E-state index in [2.05, 4.69) is 25.3 Å². The molecule has 0 aliphatic carbocycles. The fourth-order valence-corrected chi connectivity index (χ4v) is 1.19. The van der Waals surface area contributed by atoms with Gasteiger partial charge in [-0.05, 0) is 0 Å². The van der Waals surface area contributed by atoms with Crippen molar-refractivity contribution in [2.24, 2.45) is 5.73 Å². The van der Waals surface area contributed by atoms with Gasteiger partial charge in [0, 0.05) is 24.6 Å². The zero-order chi connectivity index (χ0) is 9.56. The summed E-state index contributed by atoms with van der Waals surface area (Å²) >= 11 is 7.89. The highest BCUT2D eigenvalue weighted by molar-refractivity contribution is 7.80. The highest BCUT2D eigenvalue weighted by Gasteiger charge is 2.16. The van der Waals surface area contributed by atoms with Crippen molar-refractivity contribution < 1.29 is 9.59 Å². The van der Waals surface area contributed by atoms with Gasteiger partial charge in [-0.15, -0.1) is 0 Å². The first kappa shape index (κ1) is 11.6. The van der Waals surface area contributed by atoms with E-state index in [1.54, 1.807) is 0 Å². The first-order chi connectivity index (χ1) is 5.63. The molecule has 0 aromatic carbocycles. The molecule has 0 aromatic heterocycles. The summed E-state index contributed by atoms with van der Waals surface area (Å²) in [5.74, 6) is -0.587. The first-order valence-corrected chi connectivity index (χ1v) is 4.70. The first-order valence-electron chi connectivity index (χ1n) is 3.44. The summed E-state index contributed by atoms with van der Waals surface area (Å²) in [6.45, 7) is 0.844. The van der Waals surface area contributed by atoms with E-state index < -0.39 is 11.8 Å². The van der Waals surface area contributed by atoms with Crippen molar-refractivity contribution in [3.05, 3.63) is 0 Å². The molecule has 0 rings (SSSR count). The Balaban J connectivity index is 4.08. The van der Waals surface area contributed by atoms with Crippen LogP contribution in [0.2, 0.25) is 0 Å². The number of hydrogen-bond acceptors (Lipinski definition) is 4. The predicted octanol–water partition coefficient (Wildman–Crippen LogP) is -0.840. The Labute approximate surface area is 82.3 Å². The van der Waals surface area contributed by atoms with Crippen LogP contribution in [0.3, 0.4) is 0 Å². The van der Waals surface area contributed by atoms with Crippen LogP contribution >= 0.6 is 25.3 Å². The van der Waals surface area contributed by atoms with E-state index in [0.29, 0.717) is 24.6 Å². The fourth-order valence-electron chi connectivity index (χ4n) is 0.712.